The van der Waals surface area contributed by atoms with E-state index in [0.717, 1.165) is 23.3 Å². The van der Waals surface area contributed by atoms with Crippen molar-refractivity contribution in [2.24, 2.45) is 9.63 Å². The fraction of sp³-hybridized carbons (Fsp3) is 0. The number of rotatable bonds is 4. The van der Waals surface area contributed by atoms with Gasteiger partial charge in [-0.1, -0.05) is 40.9 Å². The second-order valence-corrected chi connectivity index (χ2v) is 8.13. The lowest BCUT2D eigenvalue weighted by molar-refractivity contribution is 0.0693. The molecule has 0 saturated heterocycles. The van der Waals surface area contributed by atoms with Crippen LogP contribution < -0.4 is 5.06 Å². The largest absolute Gasteiger partial charge is 0.507 e. The molecule has 1 aliphatic heterocycles. The lowest BCUT2D eigenvalue weighted by Gasteiger charge is -2.29. The zero-order valence-electron chi connectivity index (χ0n) is 15.7. The maximum absolute atomic E-state index is 12.5. The van der Waals surface area contributed by atoms with Gasteiger partial charge in [0.15, 0.2) is 0 Å². The van der Waals surface area contributed by atoms with Crippen molar-refractivity contribution in [1.82, 2.24) is 0 Å². The minimum absolute atomic E-state index is 0.421. The van der Waals surface area contributed by atoms with E-state index in [9.17, 15) is 23.5 Å². The Labute approximate surface area is 176 Å². The summed E-state index contributed by atoms with van der Waals surface area (Å²) in [7, 11) is -4.32. The van der Waals surface area contributed by atoms with Crippen LogP contribution in [-0.4, -0.2) is 29.8 Å². The Hall–Kier alpha value is -4.02. The number of nitrogens with zero attached hydrogens (tertiary/aromatic N) is 3. The van der Waals surface area contributed by atoms with E-state index in [2.05, 4.69) is 9.63 Å². The van der Waals surface area contributed by atoms with Gasteiger partial charge >= 0.3 is 5.97 Å². The standard InChI is InChI=1S/C21H15N3O6S/c25-20-10-9-13(11-16(20)21(26)27)31(29,30)23-22-12-17-14-5-1-3-7-18(14)24(28)19-8-4-2-6-15(17)19/h1-12,25,28H,(H,26,27). The Morgan fingerprint density at radius 2 is 1.52 bits per heavy atom. The molecule has 0 amide bonds. The smallest absolute Gasteiger partial charge is 0.339 e. The van der Waals surface area contributed by atoms with Gasteiger partial charge < -0.3 is 10.2 Å². The number of aromatic carboxylic acids is 1. The normalized spacial score (nSPS) is 13.1. The number of phenols is 1. The second-order valence-electron chi connectivity index (χ2n) is 6.55. The first-order chi connectivity index (χ1) is 14.8. The molecule has 0 aliphatic carbocycles. The van der Waals surface area contributed by atoms with Crippen LogP contribution in [0.15, 0.2) is 87.5 Å². The number of fused-ring (bicyclic) bond motifs is 2. The van der Waals surface area contributed by atoms with Gasteiger partial charge in [-0.25, -0.2) is 9.86 Å². The van der Waals surface area contributed by atoms with Crippen LogP contribution in [0.4, 0.5) is 11.4 Å². The van der Waals surface area contributed by atoms with E-state index >= 15 is 0 Å². The molecule has 3 aromatic carbocycles. The third-order valence-corrected chi connectivity index (χ3v) is 5.84. The van der Waals surface area contributed by atoms with Gasteiger partial charge in [-0.2, -0.15) is 8.42 Å². The van der Waals surface area contributed by atoms with E-state index in [1.165, 1.54) is 6.20 Å². The van der Waals surface area contributed by atoms with Crippen LogP contribution in [-0.2, 0) is 10.0 Å². The summed E-state index contributed by atoms with van der Waals surface area (Å²) in [6.07, 6.45) is 1.26. The van der Waals surface area contributed by atoms with Gasteiger partial charge in [0.2, 0.25) is 0 Å². The number of carboxylic acid groups (broad SMARTS) is 1. The number of benzene rings is 3. The summed E-state index contributed by atoms with van der Waals surface area (Å²) in [6.45, 7) is 0. The first kappa shape index (κ1) is 20.3. The Balaban J connectivity index is 1.76. The highest BCUT2D eigenvalue weighted by atomic mass is 32.2. The highest BCUT2D eigenvalue weighted by Crippen LogP contribution is 2.43. The first-order valence-electron chi connectivity index (χ1n) is 8.91. The van der Waals surface area contributed by atoms with Crippen LogP contribution >= 0.6 is 0 Å². The molecule has 1 aliphatic rings. The third kappa shape index (κ3) is 3.65. The van der Waals surface area contributed by atoms with Crippen LogP contribution in [0.2, 0.25) is 0 Å². The average Bonchev–Trinajstić information content (AvgIpc) is 2.76. The van der Waals surface area contributed by atoms with Crippen molar-refractivity contribution in [3.05, 3.63) is 89.6 Å². The minimum atomic E-state index is -4.32. The maximum atomic E-state index is 12.5. The van der Waals surface area contributed by atoms with Crippen LogP contribution in [0.25, 0.3) is 5.57 Å². The molecule has 0 fully saturated rings. The summed E-state index contributed by atoms with van der Waals surface area (Å²) in [6, 6.07) is 16.8. The van der Waals surface area contributed by atoms with E-state index in [4.69, 9.17) is 5.11 Å². The predicted molar refractivity (Wildman–Crippen MR) is 111 cm³/mol. The summed E-state index contributed by atoms with van der Waals surface area (Å²) in [5, 5.41) is 33.9. The molecular formula is C21H15N3O6S. The number of hydrogen-bond acceptors (Lipinski definition) is 7. The predicted octanol–water partition coefficient (Wildman–Crippen LogP) is 4.16. The number of sulfonamides is 1. The zero-order chi connectivity index (χ0) is 22.2. The second kappa shape index (κ2) is 7.67. The molecule has 3 aromatic rings. The van der Waals surface area contributed by atoms with Crippen molar-refractivity contribution in [1.29, 1.82) is 0 Å². The summed E-state index contributed by atoms with van der Waals surface area (Å²) in [5.41, 5.74) is 2.22. The highest BCUT2D eigenvalue weighted by Gasteiger charge is 2.25. The number of carbonyl (C=O) groups is 1. The van der Waals surface area contributed by atoms with Gasteiger partial charge in [0.25, 0.3) is 10.0 Å². The SMILES string of the molecule is O=C(O)c1cc(S(=O)(=O)N=NC=C2c3ccccc3N(O)c3ccccc32)ccc1O. The molecular weight excluding hydrogens is 422 g/mol. The van der Waals surface area contributed by atoms with Gasteiger partial charge in [0.05, 0.1) is 22.5 Å². The van der Waals surface area contributed by atoms with Crippen molar-refractivity contribution < 1.29 is 28.6 Å². The van der Waals surface area contributed by atoms with Crippen molar-refractivity contribution in [2.75, 3.05) is 5.06 Å². The van der Waals surface area contributed by atoms with Crippen LogP contribution in [0.5, 0.6) is 5.75 Å². The van der Waals surface area contributed by atoms with Crippen molar-refractivity contribution in [3.63, 3.8) is 0 Å². The van der Waals surface area contributed by atoms with E-state index in [1.807, 2.05) is 0 Å². The van der Waals surface area contributed by atoms with Gasteiger partial charge in [-0.3, -0.25) is 5.21 Å². The monoisotopic (exact) mass is 437 g/mol. The van der Waals surface area contributed by atoms with Crippen LogP contribution in [0.1, 0.15) is 21.5 Å². The fourth-order valence-corrected chi connectivity index (χ4v) is 4.00. The molecule has 0 aromatic heterocycles. The molecule has 4 rings (SSSR count). The van der Waals surface area contributed by atoms with Gasteiger partial charge in [-0.15, -0.1) is 5.11 Å². The molecule has 156 valence electrons. The molecule has 0 spiro atoms. The molecule has 0 radical (unpaired) electrons. The van der Waals surface area contributed by atoms with Gasteiger partial charge in [-0.05, 0) is 30.3 Å². The van der Waals surface area contributed by atoms with Crippen molar-refractivity contribution >= 4 is 32.9 Å². The molecule has 1 heterocycles. The summed E-state index contributed by atoms with van der Waals surface area (Å²) in [5.74, 6) is -2.04. The van der Waals surface area contributed by atoms with Crippen LogP contribution in [0, 0.1) is 0 Å². The van der Waals surface area contributed by atoms with E-state index in [-0.39, 0.29) is 0 Å². The summed E-state index contributed by atoms with van der Waals surface area (Å²) in [4.78, 5) is 10.7. The average molecular weight is 437 g/mol. The molecule has 3 N–H and O–H groups in total. The molecule has 0 bridgehead atoms. The fourth-order valence-electron chi connectivity index (χ4n) is 3.22. The van der Waals surface area contributed by atoms with Crippen molar-refractivity contribution in [2.45, 2.75) is 4.90 Å². The number of carboxylic acids is 1. The molecule has 0 saturated carbocycles. The topological polar surface area (TPSA) is 140 Å². The number of para-hydroxylation sites is 2. The Bertz CT molecular complexity index is 1320. The lowest BCUT2D eigenvalue weighted by atomic mass is 9.92. The lowest BCUT2D eigenvalue weighted by Crippen LogP contribution is -2.18. The Kier molecular flexibility index (Phi) is 5.01. The van der Waals surface area contributed by atoms with E-state index in [0.29, 0.717) is 28.1 Å². The Morgan fingerprint density at radius 1 is 0.935 bits per heavy atom. The molecule has 0 atom stereocenters. The molecule has 10 heteroatoms. The highest BCUT2D eigenvalue weighted by molar-refractivity contribution is 7.90. The van der Waals surface area contributed by atoms with Crippen molar-refractivity contribution in [3.8, 4) is 5.75 Å². The first-order valence-corrected chi connectivity index (χ1v) is 10.3. The van der Waals surface area contributed by atoms with E-state index < -0.39 is 32.2 Å². The van der Waals surface area contributed by atoms with Gasteiger partial charge in [0, 0.05) is 16.7 Å². The number of anilines is 2. The number of aromatic hydroxyl groups is 1. The molecule has 31 heavy (non-hydrogen) atoms. The molecule has 9 nitrogen and oxygen atoms in total. The Morgan fingerprint density at radius 3 is 2.10 bits per heavy atom. The quantitative estimate of drug-likeness (QED) is 0.521. The number of hydrogen-bond donors (Lipinski definition) is 3. The van der Waals surface area contributed by atoms with E-state index in [1.54, 1.807) is 48.5 Å². The molecule has 0 unspecified atom stereocenters. The zero-order valence-corrected chi connectivity index (χ0v) is 16.6. The van der Waals surface area contributed by atoms with Crippen LogP contribution in [0.3, 0.4) is 0 Å². The summed E-state index contributed by atoms with van der Waals surface area (Å²) < 4.78 is 28.4. The van der Waals surface area contributed by atoms with Gasteiger partial charge in [0.1, 0.15) is 11.3 Å². The summed E-state index contributed by atoms with van der Waals surface area (Å²) >= 11 is 0. The third-order valence-electron chi connectivity index (χ3n) is 4.68. The minimum Gasteiger partial charge on any atom is -0.507 e. The maximum Gasteiger partial charge on any atom is 0.339 e.